The molecule has 4 rings (SSSR count). The van der Waals surface area contributed by atoms with Crippen LogP contribution in [0, 0.1) is 0 Å². The fraction of sp³-hybridized carbons (Fsp3) is 0.105. The van der Waals surface area contributed by atoms with E-state index in [1.807, 2.05) is 48.5 Å². The molecule has 0 aliphatic rings. The number of nitrogens with two attached hydrogens (primary N) is 1. The van der Waals surface area contributed by atoms with E-state index in [9.17, 15) is 0 Å². The van der Waals surface area contributed by atoms with E-state index in [0.717, 1.165) is 44.4 Å². The molecule has 0 atom stereocenters. The summed E-state index contributed by atoms with van der Waals surface area (Å²) in [6.07, 6.45) is 0.845. The SMILES string of the molecule is CCc1cc(N)cc2nc(-c3cccc4c(Cl)cccc34)oc12. The van der Waals surface area contributed by atoms with Gasteiger partial charge in [-0.1, -0.05) is 42.8 Å². The highest BCUT2D eigenvalue weighted by molar-refractivity contribution is 6.35. The summed E-state index contributed by atoms with van der Waals surface area (Å²) in [6, 6.07) is 15.6. The summed E-state index contributed by atoms with van der Waals surface area (Å²) in [5.41, 5.74) is 10.3. The number of rotatable bonds is 2. The number of nitrogen functional groups attached to an aromatic ring is 1. The van der Waals surface area contributed by atoms with Gasteiger partial charge in [-0.25, -0.2) is 4.98 Å². The molecule has 0 radical (unpaired) electrons. The molecule has 0 aliphatic carbocycles. The molecule has 0 unspecified atom stereocenters. The van der Waals surface area contributed by atoms with Crippen LogP contribution in [0.5, 0.6) is 0 Å². The lowest BCUT2D eigenvalue weighted by molar-refractivity contribution is 0.616. The van der Waals surface area contributed by atoms with E-state index in [-0.39, 0.29) is 0 Å². The highest BCUT2D eigenvalue weighted by Gasteiger charge is 2.14. The fourth-order valence-corrected chi connectivity index (χ4v) is 3.20. The Bertz CT molecular complexity index is 1040. The van der Waals surface area contributed by atoms with Crippen molar-refractivity contribution in [2.24, 2.45) is 0 Å². The Hall–Kier alpha value is -2.52. The average molecular weight is 323 g/mol. The number of nitrogens with zero attached hydrogens (tertiary/aromatic N) is 1. The molecule has 0 fully saturated rings. The topological polar surface area (TPSA) is 52.0 Å². The number of aryl methyl sites for hydroxylation is 1. The van der Waals surface area contributed by atoms with Gasteiger partial charge in [0, 0.05) is 21.7 Å². The van der Waals surface area contributed by atoms with Crippen molar-refractivity contribution in [3.05, 3.63) is 59.1 Å². The van der Waals surface area contributed by atoms with Crippen LogP contribution in [0.1, 0.15) is 12.5 Å². The molecule has 4 aromatic rings. The Morgan fingerprint density at radius 1 is 1.09 bits per heavy atom. The van der Waals surface area contributed by atoms with E-state index >= 15 is 0 Å². The molecule has 0 bridgehead atoms. The van der Waals surface area contributed by atoms with Crippen LogP contribution in [0.4, 0.5) is 5.69 Å². The van der Waals surface area contributed by atoms with E-state index in [2.05, 4.69) is 11.9 Å². The first-order chi connectivity index (χ1) is 11.2. The molecule has 3 aromatic carbocycles. The molecule has 0 spiro atoms. The smallest absolute Gasteiger partial charge is 0.227 e. The number of hydrogen-bond donors (Lipinski definition) is 1. The molecular formula is C19H15ClN2O. The molecule has 1 aromatic heterocycles. The quantitative estimate of drug-likeness (QED) is 0.499. The summed E-state index contributed by atoms with van der Waals surface area (Å²) in [5.74, 6) is 0.591. The summed E-state index contributed by atoms with van der Waals surface area (Å²) in [7, 11) is 0. The van der Waals surface area contributed by atoms with Gasteiger partial charge in [0.15, 0.2) is 5.58 Å². The Balaban J connectivity index is 2.02. The predicted molar refractivity (Wildman–Crippen MR) is 95.8 cm³/mol. The zero-order chi connectivity index (χ0) is 16.0. The molecule has 2 N–H and O–H groups in total. The van der Waals surface area contributed by atoms with Crippen LogP contribution in [0.25, 0.3) is 33.3 Å². The molecule has 4 heteroatoms. The molecule has 3 nitrogen and oxygen atoms in total. The third-order valence-corrected chi connectivity index (χ3v) is 4.40. The van der Waals surface area contributed by atoms with Crippen molar-refractivity contribution in [2.75, 3.05) is 5.73 Å². The second-order valence-electron chi connectivity index (χ2n) is 5.54. The minimum Gasteiger partial charge on any atom is -0.436 e. The van der Waals surface area contributed by atoms with Crippen molar-refractivity contribution in [2.45, 2.75) is 13.3 Å². The minimum atomic E-state index is 0.591. The Kier molecular flexibility index (Phi) is 3.24. The molecule has 23 heavy (non-hydrogen) atoms. The molecule has 0 amide bonds. The number of aromatic nitrogens is 1. The summed E-state index contributed by atoms with van der Waals surface area (Å²) in [4.78, 5) is 4.64. The maximum Gasteiger partial charge on any atom is 0.227 e. The lowest BCUT2D eigenvalue weighted by Crippen LogP contribution is -1.88. The Labute approximate surface area is 138 Å². The van der Waals surface area contributed by atoms with Crippen LogP contribution in [-0.4, -0.2) is 4.98 Å². The average Bonchev–Trinajstić information content (AvgIpc) is 2.97. The van der Waals surface area contributed by atoms with Gasteiger partial charge in [0.1, 0.15) is 5.52 Å². The van der Waals surface area contributed by atoms with Gasteiger partial charge in [-0.05, 0) is 41.6 Å². The van der Waals surface area contributed by atoms with Gasteiger partial charge >= 0.3 is 0 Å². The first-order valence-electron chi connectivity index (χ1n) is 7.54. The normalized spacial score (nSPS) is 11.4. The second-order valence-corrected chi connectivity index (χ2v) is 5.95. The van der Waals surface area contributed by atoms with E-state index < -0.39 is 0 Å². The van der Waals surface area contributed by atoms with Crippen LogP contribution < -0.4 is 5.73 Å². The van der Waals surface area contributed by atoms with Crippen molar-refractivity contribution < 1.29 is 4.42 Å². The summed E-state index contributed by atoms with van der Waals surface area (Å²) in [5, 5.41) is 2.74. The van der Waals surface area contributed by atoms with E-state index in [0.29, 0.717) is 11.6 Å². The molecule has 0 saturated heterocycles. The first kappa shape index (κ1) is 14.1. The van der Waals surface area contributed by atoms with Gasteiger partial charge in [-0.15, -0.1) is 0 Å². The van der Waals surface area contributed by atoms with E-state index in [1.165, 1.54) is 0 Å². The monoisotopic (exact) mass is 322 g/mol. The molecule has 114 valence electrons. The summed E-state index contributed by atoms with van der Waals surface area (Å²) >= 11 is 6.30. The van der Waals surface area contributed by atoms with Gasteiger partial charge in [0.05, 0.1) is 0 Å². The first-order valence-corrected chi connectivity index (χ1v) is 7.91. The molecule has 1 heterocycles. The van der Waals surface area contributed by atoms with Gasteiger partial charge in [-0.3, -0.25) is 0 Å². The largest absolute Gasteiger partial charge is 0.436 e. The van der Waals surface area contributed by atoms with Crippen molar-refractivity contribution in [1.29, 1.82) is 0 Å². The van der Waals surface area contributed by atoms with Gasteiger partial charge in [0.2, 0.25) is 5.89 Å². The number of fused-ring (bicyclic) bond motifs is 2. The van der Waals surface area contributed by atoms with Crippen LogP contribution >= 0.6 is 11.6 Å². The van der Waals surface area contributed by atoms with Crippen LogP contribution in [-0.2, 0) is 6.42 Å². The standard InChI is InChI=1S/C19H15ClN2O/c1-2-11-9-12(21)10-17-18(11)23-19(22-17)15-7-3-6-14-13(15)5-4-8-16(14)20/h3-10H,2,21H2,1H3. The van der Waals surface area contributed by atoms with Crippen molar-refractivity contribution >= 4 is 39.2 Å². The number of benzene rings is 3. The second kappa shape index (κ2) is 5.28. The van der Waals surface area contributed by atoms with Crippen LogP contribution in [0.15, 0.2) is 52.9 Å². The predicted octanol–water partition coefficient (Wildman–Crippen LogP) is 5.45. The van der Waals surface area contributed by atoms with Gasteiger partial charge < -0.3 is 10.2 Å². The lowest BCUT2D eigenvalue weighted by atomic mass is 10.0. The minimum absolute atomic E-state index is 0.591. The molecule has 0 aliphatic heterocycles. The highest BCUT2D eigenvalue weighted by Crippen LogP contribution is 2.34. The fourth-order valence-electron chi connectivity index (χ4n) is 2.96. The Morgan fingerprint density at radius 2 is 1.87 bits per heavy atom. The number of halogens is 1. The Morgan fingerprint density at radius 3 is 2.70 bits per heavy atom. The van der Waals surface area contributed by atoms with Crippen molar-refractivity contribution in [3.8, 4) is 11.5 Å². The maximum absolute atomic E-state index is 6.30. The van der Waals surface area contributed by atoms with Gasteiger partial charge in [-0.2, -0.15) is 0 Å². The van der Waals surface area contributed by atoms with Gasteiger partial charge in [0.25, 0.3) is 0 Å². The third-order valence-electron chi connectivity index (χ3n) is 4.07. The van der Waals surface area contributed by atoms with E-state index in [1.54, 1.807) is 0 Å². The zero-order valence-corrected chi connectivity index (χ0v) is 13.4. The maximum atomic E-state index is 6.30. The number of oxazole rings is 1. The molecular weight excluding hydrogens is 308 g/mol. The summed E-state index contributed by atoms with van der Waals surface area (Å²) in [6.45, 7) is 2.08. The van der Waals surface area contributed by atoms with Crippen LogP contribution in [0.3, 0.4) is 0 Å². The van der Waals surface area contributed by atoms with Crippen molar-refractivity contribution in [1.82, 2.24) is 4.98 Å². The zero-order valence-electron chi connectivity index (χ0n) is 12.6. The van der Waals surface area contributed by atoms with E-state index in [4.69, 9.17) is 21.8 Å². The number of hydrogen-bond acceptors (Lipinski definition) is 3. The summed E-state index contributed by atoms with van der Waals surface area (Å²) < 4.78 is 6.07. The number of anilines is 1. The van der Waals surface area contributed by atoms with Crippen molar-refractivity contribution in [3.63, 3.8) is 0 Å². The lowest BCUT2D eigenvalue weighted by Gasteiger charge is -2.04. The molecule has 0 saturated carbocycles. The highest BCUT2D eigenvalue weighted by atomic mass is 35.5. The van der Waals surface area contributed by atoms with Crippen LogP contribution in [0.2, 0.25) is 5.02 Å². The third kappa shape index (κ3) is 2.25.